The highest BCUT2D eigenvalue weighted by molar-refractivity contribution is 7.89. The van der Waals surface area contributed by atoms with Gasteiger partial charge in [-0.05, 0) is 38.5 Å². The second-order valence-electron chi connectivity index (χ2n) is 5.81. The maximum Gasteiger partial charge on any atom is 0.242 e. The molecule has 0 heterocycles. The standard InChI is InChI=1S/C14H23N3O3S/c1-10-6-7-11(16-13(18)14(2,3)9-15)8-12(10)21(19,20)17(4)5/h6-8H,9,15H2,1-5H3,(H,16,18). The van der Waals surface area contributed by atoms with Gasteiger partial charge in [0.05, 0.1) is 10.3 Å². The number of nitrogens with zero attached hydrogens (tertiary/aromatic N) is 1. The molecule has 0 fully saturated rings. The molecule has 7 heteroatoms. The Balaban J connectivity index is 3.18. The topological polar surface area (TPSA) is 92.5 Å². The number of sulfonamides is 1. The molecule has 0 saturated heterocycles. The highest BCUT2D eigenvalue weighted by Crippen LogP contribution is 2.24. The number of nitrogens with two attached hydrogens (primary N) is 1. The van der Waals surface area contributed by atoms with Crippen LogP contribution in [0.2, 0.25) is 0 Å². The van der Waals surface area contributed by atoms with Crippen LogP contribution in [0.4, 0.5) is 5.69 Å². The predicted octanol–water partition coefficient (Wildman–Crippen LogP) is 1.17. The number of aryl methyl sites for hydroxylation is 1. The summed E-state index contributed by atoms with van der Waals surface area (Å²) in [5, 5.41) is 2.71. The minimum Gasteiger partial charge on any atom is -0.329 e. The summed E-state index contributed by atoms with van der Waals surface area (Å²) in [7, 11) is -0.610. The normalized spacial score (nSPS) is 12.5. The third-order valence-corrected chi connectivity index (χ3v) is 5.29. The highest BCUT2D eigenvalue weighted by Gasteiger charge is 2.26. The second-order valence-corrected chi connectivity index (χ2v) is 7.93. The van der Waals surface area contributed by atoms with Gasteiger partial charge in [-0.1, -0.05) is 6.07 Å². The van der Waals surface area contributed by atoms with Gasteiger partial charge in [0.15, 0.2) is 0 Å². The van der Waals surface area contributed by atoms with Crippen molar-refractivity contribution >= 4 is 21.6 Å². The Kier molecular flexibility index (Phi) is 5.14. The molecule has 0 atom stereocenters. The van der Waals surface area contributed by atoms with E-state index in [2.05, 4.69) is 5.32 Å². The maximum atomic E-state index is 12.2. The molecule has 3 N–H and O–H groups in total. The van der Waals surface area contributed by atoms with Gasteiger partial charge in [-0.15, -0.1) is 0 Å². The smallest absolute Gasteiger partial charge is 0.242 e. The lowest BCUT2D eigenvalue weighted by Crippen LogP contribution is -2.37. The average molecular weight is 313 g/mol. The van der Waals surface area contributed by atoms with Crippen molar-refractivity contribution in [2.45, 2.75) is 25.7 Å². The predicted molar refractivity (Wildman–Crippen MR) is 83.5 cm³/mol. The molecule has 1 aromatic rings. The summed E-state index contributed by atoms with van der Waals surface area (Å²) in [6.07, 6.45) is 0. The van der Waals surface area contributed by atoms with Crippen LogP contribution in [0.5, 0.6) is 0 Å². The van der Waals surface area contributed by atoms with E-state index in [-0.39, 0.29) is 17.3 Å². The molecule has 0 unspecified atom stereocenters. The lowest BCUT2D eigenvalue weighted by Gasteiger charge is -2.22. The third kappa shape index (κ3) is 3.81. The Morgan fingerprint density at radius 3 is 2.38 bits per heavy atom. The van der Waals surface area contributed by atoms with Gasteiger partial charge in [-0.3, -0.25) is 4.79 Å². The second kappa shape index (κ2) is 6.13. The van der Waals surface area contributed by atoms with Crippen molar-refractivity contribution in [2.75, 3.05) is 26.0 Å². The minimum atomic E-state index is -3.55. The lowest BCUT2D eigenvalue weighted by atomic mass is 9.92. The molecule has 118 valence electrons. The molecule has 0 aromatic heterocycles. The Morgan fingerprint density at radius 1 is 1.33 bits per heavy atom. The van der Waals surface area contributed by atoms with Gasteiger partial charge in [0.2, 0.25) is 15.9 Å². The summed E-state index contributed by atoms with van der Waals surface area (Å²) in [4.78, 5) is 12.3. The van der Waals surface area contributed by atoms with E-state index < -0.39 is 15.4 Å². The third-order valence-electron chi connectivity index (χ3n) is 3.33. The van der Waals surface area contributed by atoms with Gasteiger partial charge in [0, 0.05) is 26.3 Å². The zero-order chi connectivity index (χ0) is 16.4. The molecule has 1 rings (SSSR count). The number of benzene rings is 1. The van der Waals surface area contributed by atoms with Crippen LogP contribution in [0.3, 0.4) is 0 Å². The SMILES string of the molecule is Cc1ccc(NC(=O)C(C)(C)CN)cc1S(=O)(=O)N(C)C. The van der Waals surface area contributed by atoms with E-state index in [0.29, 0.717) is 11.3 Å². The Labute approximate surface area is 126 Å². The van der Waals surface area contributed by atoms with E-state index in [4.69, 9.17) is 5.73 Å². The van der Waals surface area contributed by atoms with Crippen molar-refractivity contribution in [3.05, 3.63) is 23.8 Å². The van der Waals surface area contributed by atoms with Crippen LogP contribution in [0.25, 0.3) is 0 Å². The van der Waals surface area contributed by atoms with Gasteiger partial charge in [-0.25, -0.2) is 12.7 Å². The molecular weight excluding hydrogens is 290 g/mol. The zero-order valence-electron chi connectivity index (χ0n) is 13.1. The first-order valence-corrected chi connectivity index (χ1v) is 8.01. The Bertz CT molecular complexity index is 637. The molecule has 0 saturated carbocycles. The number of hydrogen-bond donors (Lipinski definition) is 2. The number of carbonyl (C=O) groups excluding carboxylic acids is 1. The number of anilines is 1. The van der Waals surface area contributed by atoms with E-state index in [1.54, 1.807) is 32.9 Å². The van der Waals surface area contributed by atoms with E-state index in [0.717, 1.165) is 4.31 Å². The van der Waals surface area contributed by atoms with Crippen molar-refractivity contribution in [3.8, 4) is 0 Å². The average Bonchev–Trinajstić information content (AvgIpc) is 2.40. The number of carbonyl (C=O) groups is 1. The fourth-order valence-electron chi connectivity index (χ4n) is 1.55. The van der Waals surface area contributed by atoms with Gasteiger partial charge >= 0.3 is 0 Å². The monoisotopic (exact) mass is 313 g/mol. The van der Waals surface area contributed by atoms with E-state index in [1.807, 2.05) is 0 Å². The van der Waals surface area contributed by atoms with E-state index in [9.17, 15) is 13.2 Å². The molecule has 0 bridgehead atoms. The summed E-state index contributed by atoms with van der Waals surface area (Å²) in [5.41, 5.74) is 5.91. The molecule has 1 amide bonds. The number of rotatable bonds is 5. The summed E-state index contributed by atoms with van der Waals surface area (Å²) < 4.78 is 25.6. The molecule has 1 aromatic carbocycles. The first-order valence-electron chi connectivity index (χ1n) is 6.57. The van der Waals surface area contributed by atoms with Gasteiger partial charge in [-0.2, -0.15) is 0 Å². The van der Waals surface area contributed by atoms with Crippen molar-refractivity contribution in [2.24, 2.45) is 11.1 Å². The first-order chi connectivity index (χ1) is 9.52. The molecule has 21 heavy (non-hydrogen) atoms. The van der Waals surface area contributed by atoms with Crippen LogP contribution in [0, 0.1) is 12.3 Å². The van der Waals surface area contributed by atoms with Crippen LogP contribution in [0.15, 0.2) is 23.1 Å². The van der Waals surface area contributed by atoms with Crippen LogP contribution in [-0.2, 0) is 14.8 Å². The fourth-order valence-corrected chi connectivity index (χ4v) is 2.69. The lowest BCUT2D eigenvalue weighted by molar-refractivity contribution is -0.123. The van der Waals surface area contributed by atoms with Crippen molar-refractivity contribution in [1.29, 1.82) is 0 Å². The molecule has 6 nitrogen and oxygen atoms in total. The van der Waals surface area contributed by atoms with Gasteiger partial charge < -0.3 is 11.1 Å². The van der Waals surface area contributed by atoms with Crippen LogP contribution < -0.4 is 11.1 Å². The van der Waals surface area contributed by atoms with Crippen molar-refractivity contribution in [3.63, 3.8) is 0 Å². The largest absolute Gasteiger partial charge is 0.329 e. The molecular formula is C14H23N3O3S. The van der Waals surface area contributed by atoms with Crippen molar-refractivity contribution < 1.29 is 13.2 Å². The molecule has 0 aliphatic rings. The maximum absolute atomic E-state index is 12.2. The van der Waals surface area contributed by atoms with Crippen molar-refractivity contribution in [1.82, 2.24) is 4.31 Å². The summed E-state index contributed by atoms with van der Waals surface area (Å²) in [5.74, 6) is -0.248. The highest BCUT2D eigenvalue weighted by atomic mass is 32.2. The van der Waals surface area contributed by atoms with E-state index >= 15 is 0 Å². The molecule has 0 aliphatic heterocycles. The summed E-state index contributed by atoms with van der Waals surface area (Å²) in [6.45, 7) is 5.38. The Morgan fingerprint density at radius 2 is 1.90 bits per heavy atom. The molecule has 0 spiro atoms. The molecule has 0 radical (unpaired) electrons. The number of hydrogen-bond acceptors (Lipinski definition) is 4. The zero-order valence-corrected chi connectivity index (χ0v) is 13.9. The van der Waals surface area contributed by atoms with Gasteiger partial charge in [0.25, 0.3) is 0 Å². The summed E-state index contributed by atoms with van der Waals surface area (Å²) >= 11 is 0. The van der Waals surface area contributed by atoms with E-state index in [1.165, 1.54) is 20.2 Å². The number of nitrogens with one attached hydrogen (secondary N) is 1. The minimum absolute atomic E-state index is 0.177. The van der Waals surface area contributed by atoms with Crippen LogP contribution >= 0.6 is 0 Å². The van der Waals surface area contributed by atoms with Crippen LogP contribution in [0.1, 0.15) is 19.4 Å². The molecule has 0 aliphatic carbocycles. The first kappa shape index (κ1) is 17.6. The fraction of sp³-hybridized carbons (Fsp3) is 0.500. The summed E-state index contributed by atoms with van der Waals surface area (Å²) in [6, 6.07) is 4.81. The number of amides is 1. The quantitative estimate of drug-likeness (QED) is 0.853. The van der Waals surface area contributed by atoms with Crippen LogP contribution in [-0.4, -0.2) is 39.3 Å². The van der Waals surface area contributed by atoms with Gasteiger partial charge in [0.1, 0.15) is 0 Å². The Hall–Kier alpha value is -1.44.